The number of hydrogen-bond donors (Lipinski definition) is 0. The second kappa shape index (κ2) is 5.50. The molecule has 0 radical (unpaired) electrons. The molecule has 0 atom stereocenters. The van der Waals surface area contributed by atoms with E-state index in [1.807, 2.05) is 19.0 Å². The SMILES string of the molecule is CCC1CCC(C(=O)CN(C)C)CC1. The number of ketones is 1. The fourth-order valence-corrected chi connectivity index (χ4v) is 2.33. The second-order valence-electron chi connectivity index (χ2n) is 4.83. The van der Waals surface area contributed by atoms with Gasteiger partial charge in [0, 0.05) is 5.92 Å². The van der Waals surface area contributed by atoms with Gasteiger partial charge >= 0.3 is 0 Å². The lowest BCUT2D eigenvalue weighted by atomic mass is 9.79. The van der Waals surface area contributed by atoms with E-state index in [-0.39, 0.29) is 0 Å². The molecule has 1 saturated carbocycles. The summed E-state index contributed by atoms with van der Waals surface area (Å²) in [5, 5.41) is 0. The van der Waals surface area contributed by atoms with Crippen LogP contribution in [0, 0.1) is 11.8 Å². The summed E-state index contributed by atoms with van der Waals surface area (Å²) in [6, 6.07) is 0. The third-order valence-corrected chi connectivity index (χ3v) is 3.35. The van der Waals surface area contributed by atoms with Crippen LogP contribution in [0.15, 0.2) is 0 Å². The van der Waals surface area contributed by atoms with Crippen molar-refractivity contribution in [2.45, 2.75) is 39.0 Å². The van der Waals surface area contributed by atoms with Crippen LogP contribution in [-0.4, -0.2) is 31.3 Å². The molecule has 0 aromatic carbocycles. The first-order valence-electron chi connectivity index (χ1n) is 5.81. The Morgan fingerprint density at radius 2 is 1.79 bits per heavy atom. The van der Waals surface area contributed by atoms with Gasteiger partial charge in [0.05, 0.1) is 6.54 Å². The molecule has 1 aliphatic carbocycles. The van der Waals surface area contributed by atoms with Crippen molar-refractivity contribution in [3.8, 4) is 0 Å². The molecule has 1 rings (SSSR count). The first-order chi connectivity index (χ1) is 6.63. The van der Waals surface area contributed by atoms with Crippen LogP contribution in [0.4, 0.5) is 0 Å². The molecule has 0 saturated heterocycles. The van der Waals surface area contributed by atoms with E-state index in [9.17, 15) is 4.79 Å². The van der Waals surface area contributed by atoms with E-state index in [4.69, 9.17) is 0 Å². The minimum atomic E-state index is 0.361. The lowest BCUT2D eigenvalue weighted by molar-refractivity contribution is -0.124. The van der Waals surface area contributed by atoms with E-state index >= 15 is 0 Å². The van der Waals surface area contributed by atoms with Gasteiger partial charge in [-0.1, -0.05) is 13.3 Å². The molecule has 0 heterocycles. The molecule has 1 aliphatic rings. The molecule has 2 nitrogen and oxygen atoms in total. The van der Waals surface area contributed by atoms with Crippen LogP contribution in [0.2, 0.25) is 0 Å². The largest absolute Gasteiger partial charge is 0.302 e. The maximum atomic E-state index is 11.8. The predicted molar refractivity (Wildman–Crippen MR) is 59.3 cm³/mol. The lowest BCUT2D eigenvalue weighted by Gasteiger charge is -2.27. The molecule has 0 amide bonds. The van der Waals surface area contributed by atoms with Gasteiger partial charge < -0.3 is 4.90 Å². The number of carbonyl (C=O) groups excluding carboxylic acids is 1. The van der Waals surface area contributed by atoms with Gasteiger partial charge in [-0.3, -0.25) is 4.79 Å². The summed E-state index contributed by atoms with van der Waals surface area (Å²) in [5.41, 5.74) is 0. The van der Waals surface area contributed by atoms with Gasteiger partial charge in [-0.25, -0.2) is 0 Å². The zero-order valence-electron chi connectivity index (χ0n) is 9.75. The lowest BCUT2D eigenvalue weighted by Crippen LogP contribution is -2.30. The Hall–Kier alpha value is -0.370. The molecule has 1 fully saturated rings. The Bertz CT molecular complexity index is 181. The molecule has 0 aliphatic heterocycles. The normalized spacial score (nSPS) is 28.0. The Morgan fingerprint density at radius 3 is 2.21 bits per heavy atom. The highest BCUT2D eigenvalue weighted by molar-refractivity contribution is 5.82. The summed E-state index contributed by atoms with van der Waals surface area (Å²) in [5.74, 6) is 1.70. The Morgan fingerprint density at radius 1 is 1.21 bits per heavy atom. The van der Waals surface area contributed by atoms with E-state index in [0.717, 1.165) is 18.8 Å². The molecule has 0 bridgehead atoms. The van der Waals surface area contributed by atoms with Gasteiger partial charge in [0.2, 0.25) is 0 Å². The molecule has 0 aromatic rings. The Kier molecular flexibility index (Phi) is 4.59. The van der Waals surface area contributed by atoms with E-state index in [0.29, 0.717) is 18.2 Å². The number of Topliss-reactive ketones (excluding diaryl/α,β-unsaturated/α-hetero) is 1. The molecular formula is C12H23NO. The molecule has 14 heavy (non-hydrogen) atoms. The highest BCUT2D eigenvalue weighted by atomic mass is 16.1. The average molecular weight is 197 g/mol. The topological polar surface area (TPSA) is 20.3 Å². The molecule has 0 aromatic heterocycles. The summed E-state index contributed by atoms with van der Waals surface area (Å²) in [7, 11) is 3.94. The quantitative estimate of drug-likeness (QED) is 0.689. The smallest absolute Gasteiger partial charge is 0.149 e. The van der Waals surface area contributed by atoms with Crippen LogP contribution >= 0.6 is 0 Å². The molecule has 2 heteroatoms. The van der Waals surface area contributed by atoms with E-state index < -0.39 is 0 Å². The van der Waals surface area contributed by atoms with E-state index in [2.05, 4.69) is 6.92 Å². The first-order valence-corrected chi connectivity index (χ1v) is 5.81. The fourth-order valence-electron chi connectivity index (χ4n) is 2.33. The molecule has 82 valence electrons. The van der Waals surface area contributed by atoms with Gasteiger partial charge in [0.1, 0.15) is 5.78 Å². The highest BCUT2D eigenvalue weighted by Gasteiger charge is 2.25. The van der Waals surface area contributed by atoms with Crippen molar-refractivity contribution < 1.29 is 4.79 Å². The first kappa shape index (κ1) is 11.7. The molecule has 0 N–H and O–H groups in total. The summed E-state index contributed by atoms with van der Waals surface area (Å²) >= 11 is 0. The number of likely N-dealkylation sites (N-methyl/N-ethyl adjacent to an activating group) is 1. The van der Waals surface area contributed by atoms with Gasteiger partial charge in [-0.2, -0.15) is 0 Å². The number of rotatable bonds is 4. The zero-order chi connectivity index (χ0) is 10.6. The monoisotopic (exact) mass is 197 g/mol. The van der Waals surface area contributed by atoms with Crippen molar-refractivity contribution in [2.24, 2.45) is 11.8 Å². The number of nitrogens with zero attached hydrogens (tertiary/aromatic N) is 1. The minimum absolute atomic E-state index is 0.361. The van der Waals surface area contributed by atoms with Crippen molar-refractivity contribution in [1.29, 1.82) is 0 Å². The summed E-state index contributed by atoms with van der Waals surface area (Å²) in [4.78, 5) is 13.7. The maximum Gasteiger partial charge on any atom is 0.149 e. The average Bonchev–Trinajstić information content (AvgIpc) is 2.17. The molecule has 0 spiro atoms. The van der Waals surface area contributed by atoms with Crippen molar-refractivity contribution in [3.05, 3.63) is 0 Å². The van der Waals surface area contributed by atoms with Crippen LogP contribution < -0.4 is 0 Å². The van der Waals surface area contributed by atoms with Gasteiger partial charge in [-0.05, 0) is 45.7 Å². The van der Waals surface area contributed by atoms with Crippen LogP contribution in [0.25, 0.3) is 0 Å². The summed E-state index contributed by atoms with van der Waals surface area (Å²) < 4.78 is 0. The van der Waals surface area contributed by atoms with Crippen LogP contribution in [0.3, 0.4) is 0 Å². The van der Waals surface area contributed by atoms with Crippen molar-refractivity contribution >= 4 is 5.78 Å². The summed E-state index contributed by atoms with van der Waals surface area (Å²) in [6.45, 7) is 2.88. The van der Waals surface area contributed by atoms with Crippen molar-refractivity contribution in [2.75, 3.05) is 20.6 Å². The summed E-state index contributed by atoms with van der Waals surface area (Å²) in [6.07, 6.45) is 6.08. The minimum Gasteiger partial charge on any atom is -0.302 e. The fraction of sp³-hybridized carbons (Fsp3) is 0.917. The number of hydrogen-bond acceptors (Lipinski definition) is 2. The Labute approximate surface area is 87.7 Å². The molecular weight excluding hydrogens is 174 g/mol. The third kappa shape index (κ3) is 3.41. The van der Waals surface area contributed by atoms with Crippen LogP contribution in [-0.2, 0) is 4.79 Å². The third-order valence-electron chi connectivity index (χ3n) is 3.35. The maximum absolute atomic E-state index is 11.8. The predicted octanol–water partition coefficient (Wildman–Crippen LogP) is 2.33. The van der Waals surface area contributed by atoms with Crippen molar-refractivity contribution in [3.63, 3.8) is 0 Å². The standard InChI is InChI=1S/C12H23NO/c1-4-10-5-7-11(8-6-10)12(14)9-13(2)3/h10-11H,4-9H2,1-3H3. The van der Waals surface area contributed by atoms with Gasteiger partial charge in [0.25, 0.3) is 0 Å². The van der Waals surface area contributed by atoms with Crippen molar-refractivity contribution in [1.82, 2.24) is 4.90 Å². The van der Waals surface area contributed by atoms with Crippen LogP contribution in [0.1, 0.15) is 39.0 Å². The zero-order valence-corrected chi connectivity index (χ0v) is 9.75. The van der Waals surface area contributed by atoms with E-state index in [1.54, 1.807) is 0 Å². The van der Waals surface area contributed by atoms with Gasteiger partial charge in [0.15, 0.2) is 0 Å². The number of carbonyl (C=O) groups is 1. The second-order valence-corrected chi connectivity index (χ2v) is 4.83. The molecule has 0 unspecified atom stereocenters. The van der Waals surface area contributed by atoms with Crippen LogP contribution in [0.5, 0.6) is 0 Å². The highest BCUT2D eigenvalue weighted by Crippen LogP contribution is 2.30. The Balaban J connectivity index is 2.30. The van der Waals surface area contributed by atoms with Gasteiger partial charge in [-0.15, -0.1) is 0 Å². The van der Waals surface area contributed by atoms with E-state index in [1.165, 1.54) is 19.3 Å².